The summed E-state index contributed by atoms with van der Waals surface area (Å²) in [5, 5.41) is 8.31. The molecular weight excluding hydrogens is 112 g/mol. The van der Waals surface area contributed by atoms with E-state index in [-0.39, 0.29) is 5.92 Å². The topological polar surface area (TPSA) is 36.1 Å². The van der Waals surface area contributed by atoms with Gasteiger partial charge in [-0.1, -0.05) is 6.92 Å². The van der Waals surface area contributed by atoms with Gasteiger partial charge in [0.15, 0.2) is 0 Å². The van der Waals surface area contributed by atoms with E-state index in [1.54, 1.807) is 0 Å². The summed E-state index contributed by atoms with van der Waals surface area (Å²) < 4.78 is 0. The second-order valence-corrected chi connectivity index (χ2v) is 1.99. The van der Waals surface area contributed by atoms with E-state index in [0.29, 0.717) is 6.54 Å². The second-order valence-electron chi connectivity index (χ2n) is 1.99. The largest absolute Gasteiger partial charge is 0.296 e. The molecule has 0 bridgehead atoms. The third-order valence-electron chi connectivity index (χ3n) is 0.911. The standard InChI is InChI=1S/C7H12N2/c1-3-4-9-6-7(2)5-8/h4,7H,3,6H2,1-2H3. The Morgan fingerprint density at radius 3 is 2.89 bits per heavy atom. The third-order valence-corrected chi connectivity index (χ3v) is 0.911. The number of nitriles is 1. The molecule has 1 unspecified atom stereocenters. The number of nitrogens with zero attached hydrogens (tertiary/aromatic N) is 2. The van der Waals surface area contributed by atoms with Crippen molar-refractivity contribution in [1.29, 1.82) is 5.26 Å². The molecule has 0 aliphatic carbocycles. The molecule has 0 aliphatic heterocycles. The minimum atomic E-state index is 0.0628. The van der Waals surface area contributed by atoms with Crippen LogP contribution in [-0.4, -0.2) is 12.8 Å². The van der Waals surface area contributed by atoms with E-state index in [1.807, 2.05) is 20.1 Å². The van der Waals surface area contributed by atoms with Crippen molar-refractivity contribution in [2.45, 2.75) is 20.3 Å². The van der Waals surface area contributed by atoms with Gasteiger partial charge in [0.1, 0.15) is 0 Å². The molecule has 0 aromatic carbocycles. The molecule has 9 heavy (non-hydrogen) atoms. The monoisotopic (exact) mass is 124 g/mol. The molecule has 0 spiro atoms. The van der Waals surface area contributed by atoms with Gasteiger partial charge in [-0.2, -0.15) is 5.26 Å². The van der Waals surface area contributed by atoms with Crippen molar-refractivity contribution in [3.8, 4) is 6.07 Å². The molecule has 1 atom stereocenters. The molecule has 0 aromatic heterocycles. The summed E-state index contributed by atoms with van der Waals surface area (Å²) in [6.07, 6.45) is 2.80. The van der Waals surface area contributed by atoms with E-state index < -0.39 is 0 Å². The van der Waals surface area contributed by atoms with Crippen LogP contribution in [0.2, 0.25) is 0 Å². The summed E-state index contributed by atoms with van der Waals surface area (Å²) in [7, 11) is 0. The van der Waals surface area contributed by atoms with E-state index in [4.69, 9.17) is 5.26 Å². The maximum Gasteiger partial charge on any atom is 0.0672 e. The molecule has 2 nitrogen and oxygen atoms in total. The Balaban J connectivity index is 3.29. The molecule has 0 heterocycles. The Morgan fingerprint density at radius 2 is 2.44 bits per heavy atom. The van der Waals surface area contributed by atoms with Gasteiger partial charge < -0.3 is 0 Å². The summed E-state index contributed by atoms with van der Waals surface area (Å²) in [6, 6.07) is 2.11. The highest BCUT2D eigenvalue weighted by atomic mass is 14.7. The van der Waals surface area contributed by atoms with Gasteiger partial charge in [0.05, 0.1) is 18.5 Å². The van der Waals surface area contributed by atoms with Gasteiger partial charge in [-0.25, -0.2) is 0 Å². The van der Waals surface area contributed by atoms with Crippen molar-refractivity contribution in [3.05, 3.63) is 0 Å². The van der Waals surface area contributed by atoms with Gasteiger partial charge in [0, 0.05) is 0 Å². The normalized spacial score (nSPS) is 13.4. The number of hydrogen-bond acceptors (Lipinski definition) is 2. The number of rotatable bonds is 3. The first-order valence-electron chi connectivity index (χ1n) is 3.19. The van der Waals surface area contributed by atoms with Crippen molar-refractivity contribution < 1.29 is 0 Å². The van der Waals surface area contributed by atoms with Crippen LogP contribution in [0.15, 0.2) is 4.99 Å². The molecule has 50 valence electrons. The molecule has 0 saturated carbocycles. The lowest BCUT2D eigenvalue weighted by Crippen LogP contribution is -1.94. The summed E-state index contributed by atoms with van der Waals surface area (Å²) in [4.78, 5) is 4.01. The molecule has 0 amide bonds. The zero-order valence-corrected chi connectivity index (χ0v) is 5.96. The highest BCUT2D eigenvalue weighted by Gasteiger charge is 1.92. The van der Waals surface area contributed by atoms with Gasteiger partial charge in [0.2, 0.25) is 0 Å². The minimum absolute atomic E-state index is 0.0628. The maximum atomic E-state index is 8.31. The van der Waals surface area contributed by atoms with Crippen LogP contribution in [0, 0.1) is 17.2 Å². The SMILES string of the molecule is CCC=NCC(C)C#N. The van der Waals surface area contributed by atoms with Crippen molar-refractivity contribution in [2.24, 2.45) is 10.9 Å². The number of aliphatic imine (C=N–C) groups is 1. The van der Waals surface area contributed by atoms with Gasteiger partial charge in [-0.05, 0) is 19.6 Å². The van der Waals surface area contributed by atoms with Gasteiger partial charge >= 0.3 is 0 Å². The predicted molar refractivity (Wildman–Crippen MR) is 38.4 cm³/mol. The van der Waals surface area contributed by atoms with Crippen molar-refractivity contribution in [2.75, 3.05) is 6.54 Å². The Labute approximate surface area is 56.2 Å². The molecule has 0 fully saturated rings. The van der Waals surface area contributed by atoms with Crippen LogP contribution in [0.3, 0.4) is 0 Å². The molecule has 0 radical (unpaired) electrons. The van der Waals surface area contributed by atoms with Gasteiger partial charge in [0.25, 0.3) is 0 Å². The lowest BCUT2D eigenvalue weighted by molar-refractivity contribution is 0.757. The first-order valence-corrected chi connectivity index (χ1v) is 3.19. The smallest absolute Gasteiger partial charge is 0.0672 e. The third kappa shape index (κ3) is 5.02. The zero-order chi connectivity index (χ0) is 7.11. The van der Waals surface area contributed by atoms with Crippen LogP contribution in [0.1, 0.15) is 20.3 Å². The first kappa shape index (κ1) is 8.16. The molecule has 0 N–H and O–H groups in total. The zero-order valence-electron chi connectivity index (χ0n) is 5.96. The first-order chi connectivity index (χ1) is 4.31. The van der Waals surface area contributed by atoms with Crippen LogP contribution in [0.4, 0.5) is 0 Å². The van der Waals surface area contributed by atoms with E-state index in [0.717, 1.165) is 6.42 Å². The van der Waals surface area contributed by atoms with Crippen LogP contribution in [0.25, 0.3) is 0 Å². The highest BCUT2D eigenvalue weighted by Crippen LogP contribution is 1.90. The van der Waals surface area contributed by atoms with Crippen LogP contribution in [0.5, 0.6) is 0 Å². The molecular formula is C7H12N2. The fraction of sp³-hybridized carbons (Fsp3) is 0.714. The lowest BCUT2D eigenvalue weighted by atomic mass is 10.2. The Bertz CT molecular complexity index is 121. The average Bonchev–Trinajstić information content (AvgIpc) is 1.89. The van der Waals surface area contributed by atoms with E-state index in [1.165, 1.54) is 0 Å². The van der Waals surface area contributed by atoms with Crippen molar-refractivity contribution >= 4 is 6.21 Å². The fourth-order valence-corrected chi connectivity index (χ4v) is 0.403. The van der Waals surface area contributed by atoms with E-state index in [2.05, 4.69) is 11.1 Å². The highest BCUT2D eigenvalue weighted by molar-refractivity contribution is 5.56. The van der Waals surface area contributed by atoms with Gasteiger partial charge in [-0.3, -0.25) is 4.99 Å². The van der Waals surface area contributed by atoms with E-state index in [9.17, 15) is 0 Å². The lowest BCUT2D eigenvalue weighted by Gasteiger charge is -1.91. The maximum absolute atomic E-state index is 8.31. The quantitative estimate of drug-likeness (QED) is 0.527. The molecule has 2 heteroatoms. The Morgan fingerprint density at radius 1 is 1.78 bits per heavy atom. The Hall–Kier alpha value is -0.840. The van der Waals surface area contributed by atoms with Crippen LogP contribution < -0.4 is 0 Å². The van der Waals surface area contributed by atoms with Crippen LogP contribution in [-0.2, 0) is 0 Å². The molecule has 0 saturated heterocycles. The second kappa shape index (κ2) is 5.30. The van der Waals surface area contributed by atoms with Crippen LogP contribution >= 0.6 is 0 Å². The Kier molecular flexibility index (Phi) is 4.81. The van der Waals surface area contributed by atoms with E-state index >= 15 is 0 Å². The fourth-order valence-electron chi connectivity index (χ4n) is 0.403. The molecule has 0 aromatic rings. The summed E-state index contributed by atoms with van der Waals surface area (Å²) in [6.45, 7) is 4.54. The predicted octanol–water partition coefficient (Wildman–Crippen LogP) is 1.63. The number of hydrogen-bond donors (Lipinski definition) is 0. The molecule has 0 aliphatic rings. The van der Waals surface area contributed by atoms with Gasteiger partial charge in [-0.15, -0.1) is 0 Å². The summed E-state index contributed by atoms with van der Waals surface area (Å²) in [5.41, 5.74) is 0. The minimum Gasteiger partial charge on any atom is -0.296 e. The van der Waals surface area contributed by atoms with Crippen molar-refractivity contribution in [3.63, 3.8) is 0 Å². The molecule has 0 rings (SSSR count). The van der Waals surface area contributed by atoms with Crippen molar-refractivity contribution in [1.82, 2.24) is 0 Å². The average molecular weight is 124 g/mol. The summed E-state index contributed by atoms with van der Waals surface area (Å²) >= 11 is 0. The summed E-state index contributed by atoms with van der Waals surface area (Å²) in [5.74, 6) is 0.0628.